The maximum absolute atomic E-state index is 14.1. The Kier molecular flexibility index (Phi) is 10.2. The van der Waals surface area contributed by atoms with E-state index in [0.29, 0.717) is 35.3 Å². The molecule has 1 fully saturated rings. The predicted molar refractivity (Wildman–Crippen MR) is 192 cm³/mol. The quantitative estimate of drug-likeness (QED) is 0.181. The van der Waals surface area contributed by atoms with Gasteiger partial charge in [-0.1, -0.05) is 30.3 Å². The largest absolute Gasteiger partial charge is 0.494 e. The third-order valence-electron chi connectivity index (χ3n) is 9.23. The number of ether oxygens (including phenoxy) is 1. The summed E-state index contributed by atoms with van der Waals surface area (Å²) in [6.45, 7) is 4.16. The molecule has 0 radical (unpaired) electrons. The van der Waals surface area contributed by atoms with E-state index in [9.17, 15) is 14.4 Å². The number of nitrogens with zero attached hydrogens (tertiary/aromatic N) is 5. The van der Waals surface area contributed by atoms with Crippen molar-refractivity contribution in [2.45, 2.75) is 58.0 Å². The Morgan fingerprint density at radius 2 is 1.59 bits per heavy atom. The van der Waals surface area contributed by atoms with Gasteiger partial charge in [0.05, 0.1) is 29.6 Å². The van der Waals surface area contributed by atoms with E-state index in [1.54, 1.807) is 43.3 Å². The Morgan fingerprint density at radius 3 is 2.29 bits per heavy atom. The minimum Gasteiger partial charge on any atom is -0.494 e. The van der Waals surface area contributed by atoms with Crippen LogP contribution in [-0.2, 0) is 9.59 Å². The number of aromatic nitrogens is 2. The van der Waals surface area contributed by atoms with Gasteiger partial charge in [-0.15, -0.1) is 0 Å². The molecule has 0 saturated heterocycles. The van der Waals surface area contributed by atoms with Gasteiger partial charge in [0.25, 0.3) is 5.91 Å². The lowest BCUT2D eigenvalue weighted by Crippen LogP contribution is -2.47. The summed E-state index contributed by atoms with van der Waals surface area (Å²) in [6, 6.07) is 24.0. The van der Waals surface area contributed by atoms with E-state index in [1.807, 2.05) is 68.4 Å². The number of hydrazone groups is 1. The first-order chi connectivity index (χ1) is 23.7. The monoisotopic (exact) mass is 661 g/mol. The number of rotatable bonds is 12. The van der Waals surface area contributed by atoms with Crippen molar-refractivity contribution in [1.82, 2.24) is 15.3 Å². The summed E-state index contributed by atoms with van der Waals surface area (Å²) in [4.78, 5) is 53.0. The fourth-order valence-electron chi connectivity index (χ4n) is 6.72. The number of hydrogen-bond acceptors (Lipinski definition) is 9. The third kappa shape index (κ3) is 7.56. The van der Waals surface area contributed by atoms with Gasteiger partial charge in [-0.25, -0.2) is 9.99 Å². The molecule has 1 aliphatic carbocycles. The molecular formula is C38H43N7O4. The highest BCUT2D eigenvalue weighted by atomic mass is 16.5. The number of anilines is 3. The highest BCUT2D eigenvalue weighted by Crippen LogP contribution is 2.32. The summed E-state index contributed by atoms with van der Waals surface area (Å²) in [5.74, 6) is -0.531. The molecule has 2 N–H and O–H groups in total. The Balaban J connectivity index is 1.15. The van der Waals surface area contributed by atoms with Crippen molar-refractivity contribution >= 4 is 51.7 Å². The smallest absolute Gasteiger partial charge is 0.257 e. The first-order valence-corrected chi connectivity index (χ1v) is 16.9. The topological polar surface area (TPSA) is 129 Å². The number of para-hydroxylation sites is 2. The van der Waals surface area contributed by atoms with Gasteiger partial charge in [0.2, 0.25) is 11.9 Å². The van der Waals surface area contributed by atoms with Crippen LogP contribution in [0.15, 0.2) is 84.0 Å². The summed E-state index contributed by atoms with van der Waals surface area (Å²) in [5, 5.41) is 13.6. The van der Waals surface area contributed by atoms with E-state index in [2.05, 4.69) is 15.7 Å². The van der Waals surface area contributed by atoms with Crippen molar-refractivity contribution in [3.8, 4) is 5.75 Å². The van der Waals surface area contributed by atoms with Crippen LogP contribution in [0.4, 0.5) is 17.5 Å². The molecule has 49 heavy (non-hydrogen) atoms. The zero-order valence-electron chi connectivity index (χ0n) is 28.4. The van der Waals surface area contributed by atoms with Gasteiger partial charge in [-0.3, -0.25) is 14.4 Å². The second kappa shape index (κ2) is 14.8. The van der Waals surface area contributed by atoms with Crippen molar-refractivity contribution in [3.63, 3.8) is 0 Å². The first kappa shape index (κ1) is 33.6. The Morgan fingerprint density at radius 1 is 0.918 bits per heavy atom. The van der Waals surface area contributed by atoms with Crippen LogP contribution in [-0.4, -0.2) is 66.1 Å². The van der Waals surface area contributed by atoms with Gasteiger partial charge in [0, 0.05) is 49.3 Å². The molecule has 2 unspecified atom stereocenters. The normalized spacial score (nSPS) is 19.7. The molecule has 1 saturated carbocycles. The predicted octanol–water partition coefficient (Wildman–Crippen LogP) is 5.86. The van der Waals surface area contributed by atoms with E-state index in [-0.39, 0.29) is 36.1 Å². The molecule has 2 heterocycles. The summed E-state index contributed by atoms with van der Waals surface area (Å²) >= 11 is 0. The molecule has 11 heteroatoms. The molecule has 1 aromatic heterocycles. The summed E-state index contributed by atoms with van der Waals surface area (Å²) in [7, 11) is 3.94. The molecule has 0 bridgehead atoms. The van der Waals surface area contributed by atoms with Crippen LogP contribution >= 0.6 is 0 Å². The number of carbonyl (C=O) groups excluding carboxylic acids is 3. The maximum Gasteiger partial charge on any atom is 0.257 e. The molecular weight excluding hydrogens is 618 g/mol. The number of nitrogens with one attached hydrogen (secondary N) is 2. The highest BCUT2D eigenvalue weighted by Gasteiger charge is 2.44. The van der Waals surface area contributed by atoms with Crippen LogP contribution in [0.3, 0.4) is 0 Å². The molecule has 0 spiro atoms. The van der Waals surface area contributed by atoms with Crippen molar-refractivity contribution in [1.29, 1.82) is 0 Å². The summed E-state index contributed by atoms with van der Waals surface area (Å²) in [5.41, 5.74) is 2.46. The van der Waals surface area contributed by atoms with Gasteiger partial charge in [0.1, 0.15) is 11.6 Å². The third-order valence-corrected chi connectivity index (χ3v) is 9.23. The van der Waals surface area contributed by atoms with Crippen LogP contribution in [0.25, 0.3) is 10.9 Å². The van der Waals surface area contributed by atoms with Gasteiger partial charge >= 0.3 is 0 Å². The average Bonchev–Trinajstić information content (AvgIpc) is 3.41. The lowest BCUT2D eigenvalue weighted by atomic mass is 9.82. The number of carbonyl (C=O) groups is 3. The highest BCUT2D eigenvalue weighted by molar-refractivity contribution is 6.17. The second-order valence-corrected chi connectivity index (χ2v) is 12.9. The Hall–Kier alpha value is -5.32. The van der Waals surface area contributed by atoms with Gasteiger partial charge < -0.3 is 20.3 Å². The van der Waals surface area contributed by atoms with Crippen molar-refractivity contribution in [2.75, 3.05) is 35.9 Å². The number of Topliss-reactive ketones (excluding diaryl/α,β-unsaturated/α-hetero) is 1. The van der Waals surface area contributed by atoms with E-state index < -0.39 is 11.8 Å². The molecule has 254 valence electrons. The van der Waals surface area contributed by atoms with Crippen LogP contribution in [0.2, 0.25) is 0 Å². The average molecular weight is 662 g/mol. The minimum atomic E-state index is -0.921. The molecule has 3 aromatic carbocycles. The lowest BCUT2D eigenvalue weighted by Gasteiger charge is -2.31. The fourth-order valence-corrected chi connectivity index (χ4v) is 6.72. The molecule has 11 nitrogen and oxygen atoms in total. The van der Waals surface area contributed by atoms with E-state index in [0.717, 1.165) is 42.4 Å². The lowest BCUT2D eigenvalue weighted by molar-refractivity contribution is -0.131. The number of ketones is 1. The molecule has 2 amide bonds. The number of benzene rings is 3. The summed E-state index contributed by atoms with van der Waals surface area (Å²) < 4.78 is 5.53. The molecule has 4 aromatic rings. The Labute approximate surface area is 286 Å². The van der Waals surface area contributed by atoms with Gasteiger partial charge in [-0.05, 0) is 88.1 Å². The van der Waals surface area contributed by atoms with Crippen molar-refractivity contribution in [3.05, 3.63) is 84.4 Å². The maximum atomic E-state index is 14.1. The SMILES string of the molecule is CCOc1ccc(C(=O)CC(C(=O)NC2CCC(Nc3nc(N(C)C)c4ccccc4n3)CC2)C2C(=O)N(c3ccccc3)N=C2C)cc1. The fraction of sp³-hybridized carbons (Fsp3) is 0.368. The molecule has 2 atom stereocenters. The van der Waals surface area contributed by atoms with Crippen LogP contribution < -0.4 is 25.3 Å². The zero-order valence-corrected chi connectivity index (χ0v) is 28.4. The zero-order chi connectivity index (χ0) is 34.5. The second-order valence-electron chi connectivity index (χ2n) is 12.9. The number of amides is 2. The van der Waals surface area contributed by atoms with Gasteiger partial charge in [-0.2, -0.15) is 10.1 Å². The molecule has 2 aliphatic rings. The van der Waals surface area contributed by atoms with Gasteiger partial charge in [0.15, 0.2) is 5.78 Å². The minimum absolute atomic E-state index is 0.0949. The van der Waals surface area contributed by atoms with Crippen LogP contribution in [0.1, 0.15) is 56.3 Å². The van der Waals surface area contributed by atoms with E-state index in [4.69, 9.17) is 14.7 Å². The van der Waals surface area contributed by atoms with Crippen LogP contribution in [0, 0.1) is 11.8 Å². The number of hydrogen-bond donors (Lipinski definition) is 2. The van der Waals surface area contributed by atoms with E-state index in [1.165, 1.54) is 5.01 Å². The molecule has 6 rings (SSSR count). The number of fused-ring (bicyclic) bond motifs is 1. The van der Waals surface area contributed by atoms with E-state index >= 15 is 0 Å². The Bertz CT molecular complexity index is 1840. The summed E-state index contributed by atoms with van der Waals surface area (Å²) in [6.07, 6.45) is 2.95. The van der Waals surface area contributed by atoms with Crippen molar-refractivity contribution < 1.29 is 19.1 Å². The first-order valence-electron chi connectivity index (χ1n) is 16.9. The standard InChI is InChI=1S/C38H43N7O4/c1-5-49-29-21-15-25(16-22-29)33(46)23-31(34-24(2)43-45(37(34)48)28-11-7-6-8-12-28)36(47)39-26-17-19-27(20-18-26)40-38-41-32-14-10-9-13-30(32)35(42-38)44(3)4/h6-16,21-22,26-27,31,34H,5,17-20,23H2,1-4H3,(H,39,47)(H,40,41,42). The van der Waals surface area contributed by atoms with Crippen LogP contribution in [0.5, 0.6) is 5.75 Å². The molecule has 1 aliphatic heterocycles. The van der Waals surface area contributed by atoms with Crippen molar-refractivity contribution in [2.24, 2.45) is 16.9 Å².